The minimum atomic E-state index is 0.885. The average Bonchev–Trinajstić information content (AvgIpc) is 3.22. The van der Waals surface area contributed by atoms with Crippen LogP contribution in [0, 0.1) is 0 Å². The van der Waals surface area contributed by atoms with Gasteiger partial charge >= 0.3 is 0 Å². The standard InChI is InChI=1S/C30H21NO/c1-3-7-21(8-4-1)23-11-14-25(15-12-23)31-26-16-18-28-27-17-13-24(22-9-5-2-6-10-22)19-29(27)32-30(28)20-26/h1-20,31H. The molecular weight excluding hydrogens is 390 g/mol. The first-order valence-electron chi connectivity index (χ1n) is 10.8. The van der Waals surface area contributed by atoms with Crippen LogP contribution in [0.1, 0.15) is 0 Å². The summed E-state index contributed by atoms with van der Waals surface area (Å²) in [5.41, 5.74) is 8.63. The van der Waals surface area contributed by atoms with Crippen LogP contribution in [0.25, 0.3) is 44.2 Å². The van der Waals surface area contributed by atoms with Gasteiger partial charge < -0.3 is 9.73 Å². The van der Waals surface area contributed by atoms with Crippen LogP contribution >= 0.6 is 0 Å². The minimum Gasteiger partial charge on any atom is -0.456 e. The van der Waals surface area contributed by atoms with E-state index in [1.165, 1.54) is 16.7 Å². The molecule has 0 radical (unpaired) electrons. The largest absolute Gasteiger partial charge is 0.456 e. The van der Waals surface area contributed by atoms with E-state index in [1.54, 1.807) is 0 Å². The summed E-state index contributed by atoms with van der Waals surface area (Å²) < 4.78 is 6.23. The van der Waals surface area contributed by atoms with Gasteiger partial charge in [0.15, 0.2) is 0 Å². The molecule has 0 saturated carbocycles. The average molecular weight is 412 g/mol. The zero-order chi connectivity index (χ0) is 21.3. The fourth-order valence-corrected chi connectivity index (χ4v) is 4.21. The van der Waals surface area contributed by atoms with Crippen molar-refractivity contribution in [2.75, 3.05) is 5.32 Å². The second-order valence-electron chi connectivity index (χ2n) is 7.96. The van der Waals surface area contributed by atoms with Crippen molar-refractivity contribution in [3.05, 3.63) is 121 Å². The molecule has 0 saturated heterocycles. The van der Waals surface area contributed by atoms with Crippen molar-refractivity contribution in [2.24, 2.45) is 0 Å². The first-order chi connectivity index (χ1) is 15.8. The lowest BCUT2D eigenvalue weighted by atomic mass is 10.0. The zero-order valence-electron chi connectivity index (χ0n) is 17.5. The van der Waals surface area contributed by atoms with Crippen molar-refractivity contribution in [2.45, 2.75) is 0 Å². The zero-order valence-corrected chi connectivity index (χ0v) is 17.5. The molecule has 0 unspecified atom stereocenters. The lowest BCUT2D eigenvalue weighted by Gasteiger charge is -2.08. The maximum Gasteiger partial charge on any atom is 0.137 e. The highest BCUT2D eigenvalue weighted by molar-refractivity contribution is 6.06. The highest BCUT2D eigenvalue weighted by Crippen LogP contribution is 2.34. The van der Waals surface area contributed by atoms with Crippen LogP contribution in [0.15, 0.2) is 126 Å². The van der Waals surface area contributed by atoms with E-state index in [9.17, 15) is 0 Å². The molecule has 152 valence electrons. The van der Waals surface area contributed by atoms with Crippen LogP contribution in [0.4, 0.5) is 11.4 Å². The molecule has 1 aromatic heterocycles. The van der Waals surface area contributed by atoms with Crippen molar-refractivity contribution in [1.29, 1.82) is 0 Å². The van der Waals surface area contributed by atoms with Gasteiger partial charge in [-0.2, -0.15) is 0 Å². The van der Waals surface area contributed by atoms with Crippen LogP contribution in [-0.2, 0) is 0 Å². The van der Waals surface area contributed by atoms with E-state index in [1.807, 2.05) is 12.1 Å². The van der Waals surface area contributed by atoms with Crippen LogP contribution in [-0.4, -0.2) is 0 Å². The maximum absolute atomic E-state index is 6.23. The Morgan fingerprint density at radius 2 is 0.906 bits per heavy atom. The molecule has 0 aliphatic heterocycles. The van der Waals surface area contributed by atoms with Gasteiger partial charge in [0.25, 0.3) is 0 Å². The van der Waals surface area contributed by atoms with Crippen LogP contribution in [0.3, 0.4) is 0 Å². The quantitative estimate of drug-likeness (QED) is 0.314. The summed E-state index contributed by atoms with van der Waals surface area (Å²) in [5, 5.41) is 5.76. The van der Waals surface area contributed by atoms with Crippen molar-refractivity contribution < 1.29 is 4.42 Å². The fourth-order valence-electron chi connectivity index (χ4n) is 4.21. The molecule has 32 heavy (non-hydrogen) atoms. The molecule has 0 bridgehead atoms. The van der Waals surface area contributed by atoms with Crippen molar-refractivity contribution in [3.63, 3.8) is 0 Å². The van der Waals surface area contributed by atoms with Gasteiger partial charge in [-0.05, 0) is 58.7 Å². The van der Waals surface area contributed by atoms with Gasteiger partial charge in [0.2, 0.25) is 0 Å². The first-order valence-corrected chi connectivity index (χ1v) is 10.8. The Balaban J connectivity index is 1.30. The molecule has 6 aromatic rings. The number of hydrogen-bond donors (Lipinski definition) is 1. The third-order valence-electron chi connectivity index (χ3n) is 5.86. The van der Waals surface area contributed by atoms with Gasteiger partial charge in [-0.1, -0.05) is 78.9 Å². The molecule has 0 fully saturated rings. The molecule has 0 amide bonds. The van der Waals surface area contributed by atoms with E-state index in [4.69, 9.17) is 4.42 Å². The monoisotopic (exact) mass is 411 g/mol. The number of furan rings is 1. The van der Waals surface area contributed by atoms with E-state index in [2.05, 4.69) is 115 Å². The lowest BCUT2D eigenvalue weighted by molar-refractivity contribution is 0.669. The number of fused-ring (bicyclic) bond motifs is 3. The molecule has 0 atom stereocenters. The van der Waals surface area contributed by atoms with E-state index >= 15 is 0 Å². The molecule has 6 rings (SSSR count). The summed E-state index contributed by atoms with van der Waals surface area (Å²) in [5.74, 6) is 0. The summed E-state index contributed by atoms with van der Waals surface area (Å²) in [6, 6.07) is 42.0. The Morgan fingerprint density at radius 3 is 1.59 bits per heavy atom. The lowest BCUT2D eigenvalue weighted by Crippen LogP contribution is -1.89. The van der Waals surface area contributed by atoms with Gasteiger partial charge in [0.1, 0.15) is 11.2 Å². The SMILES string of the molecule is c1ccc(-c2ccc(Nc3ccc4c(c3)oc3cc(-c5ccccc5)ccc34)cc2)cc1. The number of nitrogens with one attached hydrogen (secondary N) is 1. The third-order valence-corrected chi connectivity index (χ3v) is 5.86. The molecule has 1 heterocycles. The Labute approximate surface area is 186 Å². The van der Waals surface area contributed by atoms with E-state index < -0.39 is 0 Å². The topological polar surface area (TPSA) is 25.2 Å². The Morgan fingerprint density at radius 1 is 0.406 bits per heavy atom. The summed E-state index contributed by atoms with van der Waals surface area (Å²) >= 11 is 0. The van der Waals surface area contributed by atoms with E-state index in [0.29, 0.717) is 0 Å². The highest BCUT2D eigenvalue weighted by atomic mass is 16.3. The predicted molar refractivity (Wildman–Crippen MR) is 134 cm³/mol. The molecule has 0 spiro atoms. The first kappa shape index (κ1) is 18.5. The predicted octanol–water partition coefficient (Wildman–Crippen LogP) is 8.66. The normalized spacial score (nSPS) is 11.1. The molecular formula is C30H21NO. The fraction of sp³-hybridized carbons (Fsp3) is 0. The van der Waals surface area contributed by atoms with Crippen molar-refractivity contribution >= 4 is 33.3 Å². The molecule has 5 aromatic carbocycles. The molecule has 1 N–H and O–H groups in total. The number of benzene rings is 5. The van der Waals surface area contributed by atoms with Crippen LogP contribution in [0.5, 0.6) is 0 Å². The highest BCUT2D eigenvalue weighted by Gasteiger charge is 2.09. The Kier molecular flexibility index (Phi) is 4.47. The van der Waals surface area contributed by atoms with Gasteiger partial charge in [0.05, 0.1) is 0 Å². The van der Waals surface area contributed by atoms with Gasteiger partial charge in [-0.25, -0.2) is 0 Å². The summed E-state index contributed by atoms with van der Waals surface area (Å²) in [7, 11) is 0. The van der Waals surface area contributed by atoms with E-state index in [-0.39, 0.29) is 0 Å². The third kappa shape index (κ3) is 3.42. The minimum absolute atomic E-state index is 0.885. The number of rotatable bonds is 4. The van der Waals surface area contributed by atoms with Crippen LogP contribution < -0.4 is 5.32 Å². The Hall–Kier alpha value is -4.30. The second kappa shape index (κ2) is 7.75. The van der Waals surface area contributed by atoms with Gasteiger partial charge in [0, 0.05) is 28.2 Å². The maximum atomic E-state index is 6.23. The summed E-state index contributed by atoms with van der Waals surface area (Å²) in [4.78, 5) is 0. The van der Waals surface area contributed by atoms with Crippen molar-refractivity contribution in [3.8, 4) is 22.3 Å². The molecule has 0 aliphatic carbocycles. The second-order valence-corrected chi connectivity index (χ2v) is 7.96. The summed E-state index contributed by atoms with van der Waals surface area (Å²) in [6.45, 7) is 0. The van der Waals surface area contributed by atoms with Crippen LogP contribution in [0.2, 0.25) is 0 Å². The van der Waals surface area contributed by atoms with Crippen molar-refractivity contribution in [1.82, 2.24) is 0 Å². The Bertz CT molecular complexity index is 1510. The number of anilines is 2. The van der Waals surface area contributed by atoms with E-state index in [0.717, 1.165) is 38.9 Å². The molecule has 2 heteroatoms. The number of hydrogen-bond acceptors (Lipinski definition) is 2. The van der Waals surface area contributed by atoms with Gasteiger partial charge in [-0.15, -0.1) is 0 Å². The molecule has 2 nitrogen and oxygen atoms in total. The summed E-state index contributed by atoms with van der Waals surface area (Å²) in [6.07, 6.45) is 0. The smallest absolute Gasteiger partial charge is 0.137 e. The van der Waals surface area contributed by atoms with Gasteiger partial charge in [-0.3, -0.25) is 0 Å². The molecule has 0 aliphatic rings.